The van der Waals surface area contributed by atoms with Gasteiger partial charge in [-0.05, 0) is 43.4 Å². The number of benzene rings is 1. The highest BCUT2D eigenvalue weighted by Gasteiger charge is 2.16. The first-order valence-electron chi connectivity index (χ1n) is 6.75. The molecule has 0 spiro atoms. The molecule has 0 saturated carbocycles. The topological polar surface area (TPSA) is 64.3 Å². The Morgan fingerprint density at radius 3 is 2.80 bits per heavy atom. The maximum Gasteiger partial charge on any atom is 0.237 e. The first-order valence-corrected chi connectivity index (χ1v) is 8.14. The molecule has 1 amide bonds. The molecule has 0 aliphatic rings. The summed E-state index contributed by atoms with van der Waals surface area (Å²) >= 11 is 1.70. The first kappa shape index (κ1) is 16.9. The van der Waals surface area contributed by atoms with Crippen LogP contribution in [0.4, 0.5) is 0 Å². The molecule has 1 unspecified atom stereocenters. The highest BCUT2D eigenvalue weighted by atomic mass is 32.2. The molecule has 1 rings (SSSR count). The van der Waals surface area contributed by atoms with Gasteiger partial charge in [0.2, 0.25) is 5.91 Å². The predicted octanol–water partition coefficient (Wildman–Crippen LogP) is 1.82. The number of rotatable bonds is 8. The zero-order valence-corrected chi connectivity index (χ0v) is 13.2. The molecule has 0 heterocycles. The fourth-order valence-electron chi connectivity index (χ4n) is 1.98. The summed E-state index contributed by atoms with van der Waals surface area (Å²) in [4.78, 5) is 11.9. The molecule has 0 radical (unpaired) electrons. The third-order valence-corrected chi connectivity index (χ3v) is 3.72. The number of hydrogen-bond donors (Lipinski definition) is 2. The monoisotopic (exact) mass is 296 g/mol. The third kappa shape index (κ3) is 5.43. The van der Waals surface area contributed by atoms with Gasteiger partial charge in [-0.3, -0.25) is 4.79 Å². The molecule has 5 heteroatoms. The summed E-state index contributed by atoms with van der Waals surface area (Å²) in [5.74, 6) is 1.66. The summed E-state index contributed by atoms with van der Waals surface area (Å²) in [6, 6.07) is 7.44. The Hall–Kier alpha value is -1.20. The summed E-state index contributed by atoms with van der Waals surface area (Å²) in [6.45, 7) is 1.98. The molecule has 0 saturated heterocycles. The molecule has 1 aromatic rings. The van der Waals surface area contributed by atoms with Crippen LogP contribution in [0.3, 0.4) is 0 Å². The number of carbonyl (C=O) groups is 1. The Labute approximate surface area is 125 Å². The Morgan fingerprint density at radius 1 is 1.45 bits per heavy atom. The van der Waals surface area contributed by atoms with Crippen LogP contribution in [0.15, 0.2) is 24.3 Å². The van der Waals surface area contributed by atoms with Gasteiger partial charge in [0.25, 0.3) is 0 Å². The fraction of sp³-hybridized carbons (Fsp3) is 0.533. The van der Waals surface area contributed by atoms with Crippen molar-refractivity contribution < 1.29 is 9.53 Å². The summed E-state index contributed by atoms with van der Waals surface area (Å²) in [5.41, 5.74) is 6.93. The van der Waals surface area contributed by atoms with Crippen molar-refractivity contribution in [3.05, 3.63) is 29.8 Å². The summed E-state index contributed by atoms with van der Waals surface area (Å²) in [6.07, 6.45) is 3.44. The fourth-order valence-corrected chi connectivity index (χ4v) is 2.47. The molecular weight excluding hydrogens is 272 g/mol. The molecule has 0 aliphatic heterocycles. The minimum atomic E-state index is -0.428. The van der Waals surface area contributed by atoms with E-state index in [0.717, 1.165) is 23.5 Å². The molecular formula is C15H24N2O2S. The minimum absolute atomic E-state index is 0.0270. The minimum Gasteiger partial charge on any atom is -0.496 e. The zero-order valence-electron chi connectivity index (χ0n) is 12.4. The molecule has 1 aromatic carbocycles. The number of ether oxygens (including phenoxy) is 1. The smallest absolute Gasteiger partial charge is 0.237 e. The molecule has 112 valence electrons. The number of nitrogens with one attached hydrogen (secondary N) is 1. The maximum atomic E-state index is 11.9. The number of para-hydroxylation sites is 1. The normalized spacial score (nSPS) is 13.6. The van der Waals surface area contributed by atoms with E-state index < -0.39 is 6.04 Å². The third-order valence-electron chi connectivity index (χ3n) is 3.08. The molecule has 0 bridgehead atoms. The Morgan fingerprint density at radius 2 is 2.15 bits per heavy atom. The number of amides is 1. The van der Waals surface area contributed by atoms with Gasteiger partial charge >= 0.3 is 0 Å². The Bertz CT molecular complexity index is 426. The van der Waals surface area contributed by atoms with Gasteiger partial charge in [-0.25, -0.2) is 0 Å². The Balaban J connectivity index is 2.50. The van der Waals surface area contributed by atoms with E-state index >= 15 is 0 Å². The molecule has 3 N–H and O–H groups in total. The van der Waals surface area contributed by atoms with Crippen LogP contribution in [0.25, 0.3) is 0 Å². The number of methoxy groups -OCH3 is 1. The molecule has 4 nitrogen and oxygen atoms in total. The van der Waals surface area contributed by atoms with E-state index in [9.17, 15) is 4.79 Å². The van der Waals surface area contributed by atoms with Gasteiger partial charge < -0.3 is 15.8 Å². The SMILES string of the molecule is COc1ccccc1CC(C)NC(=O)[C@@H](N)CCSC. The average Bonchev–Trinajstić information content (AvgIpc) is 2.45. The number of thioether (sulfide) groups is 1. The Kier molecular flexibility index (Phi) is 7.47. The van der Waals surface area contributed by atoms with Gasteiger partial charge in [0, 0.05) is 6.04 Å². The summed E-state index contributed by atoms with van der Waals surface area (Å²) < 4.78 is 5.31. The van der Waals surface area contributed by atoms with Crippen LogP contribution in [0, 0.1) is 0 Å². The van der Waals surface area contributed by atoms with E-state index in [-0.39, 0.29) is 11.9 Å². The number of hydrogen-bond acceptors (Lipinski definition) is 4. The standard InChI is InChI=1S/C15H24N2O2S/c1-11(17-15(18)13(16)8-9-20-3)10-12-6-4-5-7-14(12)19-2/h4-7,11,13H,8-10,16H2,1-3H3,(H,17,18)/t11?,13-/m0/s1. The highest BCUT2D eigenvalue weighted by molar-refractivity contribution is 7.98. The van der Waals surface area contributed by atoms with Gasteiger partial charge in [0.15, 0.2) is 0 Å². The van der Waals surface area contributed by atoms with Crippen LogP contribution in [0.5, 0.6) is 5.75 Å². The average molecular weight is 296 g/mol. The van der Waals surface area contributed by atoms with Crippen molar-refractivity contribution in [1.29, 1.82) is 0 Å². The van der Waals surface area contributed by atoms with Crippen molar-refractivity contribution in [2.75, 3.05) is 19.1 Å². The predicted molar refractivity (Wildman–Crippen MR) is 85.3 cm³/mol. The molecule has 20 heavy (non-hydrogen) atoms. The van der Waals surface area contributed by atoms with E-state index in [2.05, 4.69) is 5.32 Å². The van der Waals surface area contributed by atoms with Gasteiger partial charge in [-0.1, -0.05) is 18.2 Å². The van der Waals surface area contributed by atoms with Crippen LogP contribution in [-0.2, 0) is 11.2 Å². The second kappa shape index (κ2) is 8.87. The quantitative estimate of drug-likeness (QED) is 0.768. The zero-order chi connectivity index (χ0) is 15.0. The van der Waals surface area contributed by atoms with Crippen LogP contribution < -0.4 is 15.8 Å². The van der Waals surface area contributed by atoms with E-state index in [1.165, 1.54) is 0 Å². The van der Waals surface area contributed by atoms with E-state index in [0.29, 0.717) is 6.42 Å². The highest BCUT2D eigenvalue weighted by Crippen LogP contribution is 2.18. The lowest BCUT2D eigenvalue weighted by Crippen LogP contribution is -2.45. The van der Waals surface area contributed by atoms with E-state index in [1.807, 2.05) is 37.4 Å². The summed E-state index contributed by atoms with van der Waals surface area (Å²) in [7, 11) is 1.65. The van der Waals surface area contributed by atoms with Crippen molar-refractivity contribution >= 4 is 17.7 Å². The number of nitrogens with two attached hydrogens (primary N) is 1. The molecule has 2 atom stereocenters. The van der Waals surface area contributed by atoms with Crippen molar-refractivity contribution in [2.45, 2.75) is 31.8 Å². The van der Waals surface area contributed by atoms with E-state index in [1.54, 1.807) is 18.9 Å². The maximum absolute atomic E-state index is 11.9. The van der Waals surface area contributed by atoms with Crippen molar-refractivity contribution in [3.8, 4) is 5.75 Å². The number of carbonyl (C=O) groups excluding carboxylic acids is 1. The van der Waals surface area contributed by atoms with Gasteiger partial charge in [-0.15, -0.1) is 0 Å². The van der Waals surface area contributed by atoms with Gasteiger partial charge in [0.05, 0.1) is 13.2 Å². The first-order chi connectivity index (χ1) is 9.58. The van der Waals surface area contributed by atoms with E-state index in [4.69, 9.17) is 10.5 Å². The van der Waals surface area contributed by atoms with Crippen LogP contribution >= 0.6 is 11.8 Å². The van der Waals surface area contributed by atoms with Crippen LogP contribution in [-0.4, -0.2) is 37.1 Å². The molecule has 0 fully saturated rings. The van der Waals surface area contributed by atoms with Crippen molar-refractivity contribution in [2.24, 2.45) is 5.73 Å². The van der Waals surface area contributed by atoms with Crippen molar-refractivity contribution in [3.63, 3.8) is 0 Å². The molecule has 0 aliphatic carbocycles. The van der Waals surface area contributed by atoms with Crippen molar-refractivity contribution in [1.82, 2.24) is 5.32 Å². The molecule has 0 aromatic heterocycles. The van der Waals surface area contributed by atoms with Gasteiger partial charge in [-0.2, -0.15) is 11.8 Å². The van der Waals surface area contributed by atoms with Gasteiger partial charge in [0.1, 0.15) is 5.75 Å². The lowest BCUT2D eigenvalue weighted by molar-refractivity contribution is -0.122. The van der Waals surface area contributed by atoms with Crippen LogP contribution in [0.2, 0.25) is 0 Å². The lowest BCUT2D eigenvalue weighted by atomic mass is 10.1. The second-order valence-corrected chi connectivity index (χ2v) is 5.80. The largest absolute Gasteiger partial charge is 0.496 e. The second-order valence-electron chi connectivity index (χ2n) is 4.81. The summed E-state index contributed by atoms with van der Waals surface area (Å²) in [5, 5.41) is 2.96. The lowest BCUT2D eigenvalue weighted by Gasteiger charge is -2.18. The van der Waals surface area contributed by atoms with Crippen LogP contribution in [0.1, 0.15) is 18.9 Å².